The largest absolute Gasteiger partial charge is 0.465 e. The van der Waals surface area contributed by atoms with Crippen molar-refractivity contribution >= 4 is 22.1 Å². The number of ether oxygens (including phenoxy) is 2. The molecule has 0 aromatic heterocycles. The summed E-state index contributed by atoms with van der Waals surface area (Å²) in [7, 11) is -5.71. The summed E-state index contributed by atoms with van der Waals surface area (Å²) in [5, 5.41) is 17.3. The minimum Gasteiger partial charge on any atom is -0.465 e. The molecule has 9 nitrogen and oxygen atoms in total. The van der Waals surface area contributed by atoms with E-state index in [1.165, 1.54) is 0 Å². The van der Waals surface area contributed by atoms with E-state index in [0.717, 1.165) is 51.4 Å². The topological polar surface area (TPSA) is 147 Å². The molecule has 0 spiro atoms. The Labute approximate surface area is 241 Å². The molecule has 0 amide bonds. The van der Waals surface area contributed by atoms with Gasteiger partial charge < -0.3 is 19.7 Å². The zero-order valence-corrected chi connectivity index (χ0v) is 25.1. The molecule has 0 aromatic rings. The number of hydrogen-bond acceptors (Lipinski definition) is 8. The second kappa shape index (κ2) is 12.0. The van der Waals surface area contributed by atoms with Gasteiger partial charge in [-0.25, -0.2) is 0 Å². The highest BCUT2D eigenvalue weighted by Gasteiger charge is 2.63. The molecule has 4 rings (SSSR count). The number of carbonyl (C=O) groups excluding carboxylic acids is 2. The Hall–Kier alpha value is -1.37. The third kappa shape index (κ3) is 6.31. The first-order valence-corrected chi connectivity index (χ1v) is 16.5. The molecule has 0 aromatic carbocycles. The molecule has 0 aliphatic heterocycles. The molecule has 0 bridgehead atoms. The van der Waals surface area contributed by atoms with Gasteiger partial charge in [0.1, 0.15) is 6.61 Å². The van der Waals surface area contributed by atoms with E-state index in [-0.39, 0.29) is 35.2 Å². The van der Waals surface area contributed by atoms with Gasteiger partial charge in [0.05, 0.1) is 18.6 Å². The van der Waals surface area contributed by atoms with E-state index in [1.807, 2.05) is 0 Å². The summed E-state index contributed by atoms with van der Waals surface area (Å²) in [5.74, 6) is 0.683. The van der Waals surface area contributed by atoms with Crippen LogP contribution in [-0.4, -0.2) is 65.8 Å². The second-order valence-corrected chi connectivity index (χ2v) is 15.2. The molecule has 4 fully saturated rings. The molecular formula is C29H46F2O9S. The van der Waals surface area contributed by atoms with Gasteiger partial charge in [-0.2, -0.15) is 17.2 Å². The lowest BCUT2D eigenvalue weighted by molar-refractivity contribution is -0.175. The maximum atomic E-state index is 13.2. The first-order chi connectivity index (χ1) is 19.0. The maximum Gasteiger partial charge on any atom is 0.402 e. The summed E-state index contributed by atoms with van der Waals surface area (Å²) in [6.07, 6.45) is 7.38. The van der Waals surface area contributed by atoms with Gasteiger partial charge in [-0.05, 0) is 104 Å². The average molecular weight is 609 g/mol. The molecule has 0 saturated heterocycles. The summed E-state index contributed by atoms with van der Waals surface area (Å²) >= 11 is 0. The fourth-order valence-corrected chi connectivity index (χ4v) is 9.55. The molecule has 4 aliphatic carbocycles. The summed E-state index contributed by atoms with van der Waals surface area (Å²) < 4.78 is 65.1. The van der Waals surface area contributed by atoms with Crippen LogP contribution >= 0.6 is 0 Å². The standard InChI is InChI=1S/C29H46F2O9S/c1-17(4-9-25(34)39-13-11-26(35)40-16-29(30,31)41(36,37)38)21-7-8-22-20-6-5-18-14-19(32)10-12-27(18,2)23(20)15-24(33)28(21,22)3/h17-24,32-33H,4-16H2,1-3H3,(H,36,37,38)/t17-,18?,19-,20+,21-,22+,23+,24+,27+,28-/m1/s1. The highest BCUT2D eigenvalue weighted by Crippen LogP contribution is 2.68. The van der Waals surface area contributed by atoms with E-state index >= 15 is 0 Å². The highest BCUT2D eigenvalue weighted by atomic mass is 32.2. The van der Waals surface area contributed by atoms with Crippen molar-refractivity contribution in [1.82, 2.24) is 0 Å². The van der Waals surface area contributed by atoms with Gasteiger partial charge in [0.15, 0.2) is 6.61 Å². The van der Waals surface area contributed by atoms with Crippen molar-refractivity contribution in [2.45, 2.75) is 109 Å². The fraction of sp³-hybridized carbons (Fsp3) is 0.931. The first-order valence-electron chi connectivity index (χ1n) is 15.0. The SMILES string of the molecule is C[C@H](CCC(=O)OCCC(=O)OCC(F)(F)S(=O)(=O)O)[C@H]1CC[C@H]2[C@@H]3CCC4C[C@H](O)CC[C@]4(C)[C@H]3C[C@H](O)[C@]12C. The van der Waals surface area contributed by atoms with Crippen LogP contribution in [0.5, 0.6) is 0 Å². The van der Waals surface area contributed by atoms with Crippen LogP contribution in [-0.2, 0) is 29.2 Å². The number of hydrogen-bond donors (Lipinski definition) is 3. The first kappa shape index (κ1) is 32.5. The Morgan fingerprint density at radius 3 is 2.34 bits per heavy atom. The number of aliphatic hydroxyl groups is 2. The molecule has 0 radical (unpaired) electrons. The molecule has 4 saturated carbocycles. The van der Waals surface area contributed by atoms with E-state index < -0.39 is 53.0 Å². The average Bonchev–Trinajstić information content (AvgIpc) is 3.25. The Bertz CT molecular complexity index is 1080. The quantitative estimate of drug-likeness (QED) is 0.243. The van der Waals surface area contributed by atoms with E-state index in [1.54, 1.807) is 0 Å². The third-order valence-electron chi connectivity index (χ3n) is 11.7. The Kier molecular flexibility index (Phi) is 9.49. The van der Waals surface area contributed by atoms with Gasteiger partial charge in [0, 0.05) is 6.42 Å². The van der Waals surface area contributed by atoms with Crippen molar-refractivity contribution in [1.29, 1.82) is 0 Å². The summed E-state index contributed by atoms with van der Waals surface area (Å²) in [6.45, 7) is 4.52. The van der Waals surface area contributed by atoms with Crippen LogP contribution in [0.25, 0.3) is 0 Å². The summed E-state index contributed by atoms with van der Waals surface area (Å²) in [4.78, 5) is 23.9. The zero-order valence-electron chi connectivity index (χ0n) is 24.3. The normalized spacial score (nSPS) is 39.7. The predicted molar refractivity (Wildman–Crippen MR) is 144 cm³/mol. The number of alkyl halides is 2. The van der Waals surface area contributed by atoms with Crippen molar-refractivity contribution in [3.05, 3.63) is 0 Å². The van der Waals surface area contributed by atoms with Crippen molar-refractivity contribution in [2.75, 3.05) is 13.2 Å². The maximum absolute atomic E-state index is 13.2. The number of carbonyl (C=O) groups is 2. The number of rotatable bonds is 10. The van der Waals surface area contributed by atoms with Crippen molar-refractivity contribution < 1.29 is 51.0 Å². The van der Waals surface area contributed by atoms with Crippen LogP contribution < -0.4 is 0 Å². The lowest BCUT2D eigenvalue weighted by Gasteiger charge is -2.62. The van der Waals surface area contributed by atoms with Gasteiger partial charge >= 0.3 is 27.3 Å². The molecule has 0 heterocycles. The minimum absolute atomic E-state index is 0.110. The van der Waals surface area contributed by atoms with Crippen molar-refractivity contribution in [3.8, 4) is 0 Å². The molecule has 41 heavy (non-hydrogen) atoms. The Balaban J connectivity index is 1.26. The second-order valence-electron chi connectivity index (χ2n) is 13.6. The lowest BCUT2D eigenvalue weighted by Crippen LogP contribution is -2.58. The molecular weight excluding hydrogens is 562 g/mol. The van der Waals surface area contributed by atoms with E-state index in [0.29, 0.717) is 30.1 Å². The van der Waals surface area contributed by atoms with Gasteiger partial charge in [0.2, 0.25) is 0 Å². The number of halogens is 2. The minimum atomic E-state index is -5.71. The van der Waals surface area contributed by atoms with Crippen LogP contribution in [0.4, 0.5) is 8.78 Å². The molecule has 4 aliphatic rings. The number of aliphatic hydroxyl groups excluding tert-OH is 2. The fourth-order valence-electron chi connectivity index (χ4n) is 9.34. The molecule has 10 atom stereocenters. The van der Waals surface area contributed by atoms with Crippen LogP contribution in [0.2, 0.25) is 0 Å². The van der Waals surface area contributed by atoms with Gasteiger partial charge in [-0.1, -0.05) is 20.8 Å². The van der Waals surface area contributed by atoms with Gasteiger partial charge in [0.25, 0.3) is 0 Å². The summed E-state index contributed by atoms with van der Waals surface area (Å²) in [6, 6.07) is 0. The number of esters is 2. The molecule has 3 N–H and O–H groups in total. The number of fused-ring (bicyclic) bond motifs is 5. The van der Waals surface area contributed by atoms with Crippen LogP contribution in [0, 0.1) is 46.3 Å². The van der Waals surface area contributed by atoms with Crippen LogP contribution in [0.15, 0.2) is 0 Å². The third-order valence-corrected chi connectivity index (χ3v) is 12.5. The van der Waals surface area contributed by atoms with E-state index in [9.17, 15) is 37.0 Å². The predicted octanol–water partition coefficient (Wildman–Crippen LogP) is 4.35. The zero-order chi connectivity index (χ0) is 30.4. The van der Waals surface area contributed by atoms with E-state index in [2.05, 4.69) is 25.5 Å². The summed E-state index contributed by atoms with van der Waals surface area (Å²) in [5.41, 5.74) is -0.0581. The van der Waals surface area contributed by atoms with E-state index in [4.69, 9.17) is 9.29 Å². The van der Waals surface area contributed by atoms with Crippen molar-refractivity contribution in [3.63, 3.8) is 0 Å². The molecule has 236 valence electrons. The molecule has 12 heteroatoms. The smallest absolute Gasteiger partial charge is 0.402 e. The Morgan fingerprint density at radius 2 is 1.66 bits per heavy atom. The Morgan fingerprint density at radius 1 is 0.976 bits per heavy atom. The molecule has 1 unspecified atom stereocenters. The van der Waals surface area contributed by atoms with Crippen molar-refractivity contribution in [2.24, 2.45) is 46.3 Å². The van der Waals surface area contributed by atoms with Crippen LogP contribution in [0.3, 0.4) is 0 Å². The lowest BCUT2D eigenvalue weighted by atomic mass is 9.43. The van der Waals surface area contributed by atoms with Crippen LogP contribution in [0.1, 0.15) is 91.4 Å². The van der Waals surface area contributed by atoms with Gasteiger partial charge in [-0.15, -0.1) is 0 Å². The highest BCUT2D eigenvalue weighted by molar-refractivity contribution is 7.86. The monoisotopic (exact) mass is 608 g/mol. The van der Waals surface area contributed by atoms with Gasteiger partial charge in [-0.3, -0.25) is 14.1 Å².